The van der Waals surface area contributed by atoms with Gasteiger partial charge >= 0.3 is 5.97 Å². The summed E-state index contributed by atoms with van der Waals surface area (Å²) in [6.07, 6.45) is 2.19. The third-order valence-electron chi connectivity index (χ3n) is 2.06. The van der Waals surface area contributed by atoms with Crippen molar-refractivity contribution in [2.45, 2.75) is 8.56 Å². The highest BCUT2D eigenvalue weighted by Gasteiger charge is 2.26. The summed E-state index contributed by atoms with van der Waals surface area (Å²) in [4.78, 5) is 11.1. The third-order valence-corrected chi connectivity index (χ3v) is 3.34. The molecule has 1 rings (SSSR count). The van der Waals surface area contributed by atoms with Crippen LogP contribution in [-0.4, -0.2) is 11.1 Å². The van der Waals surface area contributed by atoms with Crippen LogP contribution >= 0.6 is 47.8 Å². The minimum Gasteiger partial charge on any atom is -0.478 e. The van der Waals surface area contributed by atoms with E-state index in [0.717, 1.165) is 11.1 Å². The molecule has 0 spiro atoms. The zero-order valence-corrected chi connectivity index (χ0v) is 13.0. The standard InChI is InChI=1S/C11H9Br3O2/c1-2-4-7-8(10(15)16)5-3-6-9(7)11(12,13)14/h2-3,5-6H,1,4H2,(H,15,16). The minimum absolute atomic E-state index is 0.292. The summed E-state index contributed by atoms with van der Waals surface area (Å²) in [5.74, 6) is -0.935. The second kappa shape index (κ2) is 5.47. The maximum atomic E-state index is 11.1. The molecular weight excluding hydrogens is 404 g/mol. The lowest BCUT2D eigenvalue weighted by Gasteiger charge is -2.18. The summed E-state index contributed by atoms with van der Waals surface area (Å²) >= 11 is 10.2. The van der Waals surface area contributed by atoms with Gasteiger partial charge in [-0.05, 0) is 23.6 Å². The number of alkyl halides is 3. The van der Waals surface area contributed by atoms with E-state index >= 15 is 0 Å². The number of aromatic carboxylic acids is 1. The number of hydrogen-bond donors (Lipinski definition) is 1. The average molecular weight is 413 g/mol. The minimum atomic E-state index is -0.935. The Kier molecular flexibility index (Phi) is 4.76. The fraction of sp³-hybridized carbons (Fsp3) is 0.182. The van der Waals surface area contributed by atoms with Crippen LogP contribution in [0.25, 0.3) is 0 Å². The molecule has 0 heterocycles. The Balaban J connectivity index is 3.44. The van der Waals surface area contributed by atoms with Gasteiger partial charge in [0.15, 0.2) is 2.14 Å². The van der Waals surface area contributed by atoms with Gasteiger partial charge in [-0.15, -0.1) is 6.58 Å². The van der Waals surface area contributed by atoms with E-state index in [0.29, 0.717) is 12.0 Å². The van der Waals surface area contributed by atoms with Crippen molar-refractivity contribution in [2.24, 2.45) is 0 Å². The fourth-order valence-electron chi connectivity index (χ4n) is 1.42. The van der Waals surface area contributed by atoms with Crippen LogP contribution in [0.4, 0.5) is 0 Å². The van der Waals surface area contributed by atoms with Crippen molar-refractivity contribution < 1.29 is 9.90 Å². The second-order valence-corrected chi connectivity index (χ2v) is 9.89. The van der Waals surface area contributed by atoms with Crippen molar-refractivity contribution in [1.29, 1.82) is 0 Å². The first-order chi connectivity index (χ1) is 7.38. The molecule has 0 atom stereocenters. The van der Waals surface area contributed by atoms with Gasteiger partial charge in [0, 0.05) is 0 Å². The van der Waals surface area contributed by atoms with Gasteiger partial charge in [-0.25, -0.2) is 4.79 Å². The van der Waals surface area contributed by atoms with Crippen LogP contribution in [-0.2, 0) is 8.56 Å². The van der Waals surface area contributed by atoms with Crippen molar-refractivity contribution in [1.82, 2.24) is 0 Å². The normalized spacial score (nSPS) is 11.2. The van der Waals surface area contributed by atoms with Gasteiger partial charge in [0.1, 0.15) is 0 Å². The molecule has 1 aromatic rings. The van der Waals surface area contributed by atoms with E-state index in [4.69, 9.17) is 5.11 Å². The van der Waals surface area contributed by atoms with Crippen LogP contribution < -0.4 is 0 Å². The number of carboxylic acid groups (broad SMARTS) is 1. The Morgan fingerprint density at radius 1 is 1.44 bits per heavy atom. The smallest absolute Gasteiger partial charge is 0.335 e. The molecule has 0 fully saturated rings. The molecule has 5 heteroatoms. The summed E-state index contributed by atoms with van der Waals surface area (Å²) < 4.78 is -0.614. The Labute approximate surface area is 119 Å². The van der Waals surface area contributed by atoms with Crippen molar-refractivity contribution in [3.8, 4) is 0 Å². The van der Waals surface area contributed by atoms with E-state index in [-0.39, 0.29) is 0 Å². The van der Waals surface area contributed by atoms with Crippen LogP contribution in [0.1, 0.15) is 21.5 Å². The van der Waals surface area contributed by atoms with Crippen molar-refractivity contribution >= 4 is 53.8 Å². The van der Waals surface area contributed by atoms with E-state index < -0.39 is 8.11 Å². The molecule has 0 aromatic heterocycles. The zero-order valence-electron chi connectivity index (χ0n) is 8.21. The third kappa shape index (κ3) is 3.18. The molecule has 0 aliphatic heterocycles. The lowest BCUT2D eigenvalue weighted by molar-refractivity contribution is 0.0695. The van der Waals surface area contributed by atoms with Crippen LogP contribution in [0.15, 0.2) is 30.9 Å². The first-order valence-corrected chi connectivity index (χ1v) is 6.79. The molecule has 2 nitrogen and oxygen atoms in total. The highest BCUT2D eigenvalue weighted by molar-refractivity contribution is 9.38. The molecule has 0 amide bonds. The number of benzene rings is 1. The largest absolute Gasteiger partial charge is 0.478 e. The zero-order chi connectivity index (χ0) is 12.3. The molecule has 0 saturated heterocycles. The number of rotatable bonds is 3. The average Bonchev–Trinajstić information content (AvgIpc) is 2.16. The summed E-state index contributed by atoms with van der Waals surface area (Å²) in [5.41, 5.74) is 1.85. The highest BCUT2D eigenvalue weighted by Crippen LogP contribution is 2.46. The fourth-order valence-corrected chi connectivity index (χ4v) is 2.53. The second-order valence-electron chi connectivity index (χ2n) is 3.13. The number of allylic oxidation sites excluding steroid dienone is 1. The summed E-state index contributed by atoms with van der Waals surface area (Å²) in [6.45, 7) is 3.64. The van der Waals surface area contributed by atoms with Gasteiger partial charge in [-0.2, -0.15) is 0 Å². The number of carboxylic acids is 1. The Hall–Kier alpha value is -0.130. The van der Waals surface area contributed by atoms with Gasteiger partial charge in [-0.3, -0.25) is 0 Å². The summed E-state index contributed by atoms with van der Waals surface area (Å²) in [7, 11) is 0. The Morgan fingerprint density at radius 3 is 2.50 bits per heavy atom. The molecule has 0 saturated carbocycles. The van der Waals surface area contributed by atoms with E-state index in [1.165, 1.54) is 0 Å². The SMILES string of the molecule is C=CCc1c(C(=O)O)cccc1C(Br)(Br)Br. The van der Waals surface area contributed by atoms with Crippen LogP contribution in [0.2, 0.25) is 0 Å². The molecule has 0 bridgehead atoms. The van der Waals surface area contributed by atoms with Gasteiger partial charge in [0.25, 0.3) is 0 Å². The molecular formula is C11H9Br3O2. The predicted octanol–water partition coefficient (Wildman–Crippen LogP) is 4.41. The van der Waals surface area contributed by atoms with E-state index in [9.17, 15) is 4.79 Å². The maximum absolute atomic E-state index is 11.1. The van der Waals surface area contributed by atoms with Crippen molar-refractivity contribution in [3.05, 3.63) is 47.5 Å². The van der Waals surface area contributed by atoms with E-state index in [1.807, 2.05) is 6.07 Å². The first kappa shape index (κ1) is 13.9. The topological polar surface area (TPSA) is 37.3 Å². The lowest BCUT2D eigenvalue weighted by Crippen LogP contribution is -2.10. The van der Waals surface area contributed by atoms with Crippen LogP contribution in [0.5, 0.6) is 0 Å². The quantitative estimate of drug-likeness (QED) is 0.590. The summed E-state index contributed by atoms with van der Waals surface area (Å²) in [5, 5.41) is 9.10. The lowest BCUT2D eigenvalue weighted by atomic mass is 9.99. The molecule has 16 heavy (non-hydrogen) atoms. The number of halogens is 3. The molecule has 1 N–H and O–H groups in total. The van der Waals surface area contributed by atoms with Crippen molar-refractivity contribution in [2.75, 3.05) is 0 Å². The van der Waals surface area contributed by atoms with E-state index in [2.05, 4.69) is 54.4 Å². The van der Waals surface area contributed by atoms with Crippen molar-refractivity contribution in [3.63, 3.8) is 0 Å². The van der Waals surface area contributed by atoms with E-state index in [1.54, 1.807) is 18.2 Å². The van der Waals surface area contributed by atoms with Gasteiger partial charge in [0.05, 0.1) is 5.56 Å². The molecule has 86 valence electrons. The van der Waals surface area contributed by atoms with Gasteiger partial charge < -0.3 is 5.11 Å². The van der Waals surface area contributed by atoms with Gasteiger partial charge in [0.2, 0.25) is 0 Å². The Bertz CT molecular complexity index is 422. The number of carbonyl (C=O) groups is 1. The molecule has 0 radical (unpaired) electrons. The molecule has 1 aromatic carbocycles. The highest BCUT2D eigenvalue weighted by atomic mass is 80.0. The first-order valence-electron chi connectivity index (χ1n) is 4.41. The maximum Gasteiger partial charge on any atom is 0.335 e. The van der Waals surface area contributed by atoms with Crippen LogP contribution in [0.3, 0.4) is 0 Å². The molecule has 0 aliphatic carbocycles. The summed E-state index contributed by atoms with van der Waals surface area (Å²) in [6, 6.07) is 5.15. The molecule has 0 aliphatic rings. The van der Waals surface area contributed by atoms with Crippen LogP contribution in [0, 0.1) is 0 Å². The Morgan fingerprint density at radius 2 is 2.06 bits per heavy atom. The monoisotopic (exact) mass is 410 g/mol. The predicted molar refractivity (Wildman–Crippen MR) is 75.8 cm³/mol. The van der Waals surface area contributed by atoms with Gasteiger partial charge in [-0.1, -0.05) is 66.0 Å². The number of hydrogen-bond acceptors (Lipinski definition) is 1. The molecule has 0 unspecified atom stereocenters.